The second-order valence-corrected chi connectivity index (χ2v) is 4.42. The predicted octanol–water partition coefficient (Wildman–Crippen LogP) is 2.09. The minimum atomic E-state index is -0.524. The summed E-state index contributed by atoms with van der Waals surface area (Å²) in [5.74, 6) is 0.215. The first-order valence-electron chi connectivity index (χ1n) is 6.60. The van der Waals surface area contributed by atoms with Gasteiger partial charge in [-0.1, -0.05) is 36.4 Å². The molecule has 0 amide bonds. The van der Waals surface area contributed by atoms with Crippen LogP contribution in [0.3, 0.4) is 0 Å². The van der Waals surface area contributed by atoms with E-state index in [9.17, 15) is 4.79 Å². The van der Waals surface area contributed by atoms with Crippen molar-refractivity contribution in [2.45, 2.75) is 12.6 Å². The lowest BCUT2D eigenvalue weighted by Gasteiger charge is -2.16. The van der Waals surface area contributed by atoms with Gasteiger partial charge in [-0.05, 0) is 11.6 Å². The predicted molar refractivity (Wildman–Crippen MR) is 78.8 cm³/mol. The van der Waals surface area contributed by atoms with E-state index in [1.807, 2.05) is 42.5 Å². The van der Waals surface area contributed by atoms with Crippen LogP contribution in [0.2, 0.25) is 0 Å². The van der Waals surface area contributed by atoms with Crippen molar-refractivity contribution in [1.29, 1.82) is 0 Å². The molecule has 110 valence electrons. The maximum absolute atomic E-state index is 11.9. The van der Waals surface area contributed by atoms with Gasteiger partial charge in [0.1, 0.15) is 6.04 Å². The molecular weight excluding hydrogens is 268 g/mol. The van der Waals surface area contributed by atoms with Crippen LogP contribution in [0, 0.1) is 0 Å². The van der Waals surface area contributed by atoms with Crippen LogP contribution in [-0.2, 0) is 16.1 Å². The number of hydrogen-bond donors (Lipinski definition) is 1. The lowest BCUT2D eigenvalue weighted by atomic mass is 10.1. The van der Waals surface area contributed by atoms with E-state index >= 15 is 0 Å². The molecule has 2 aromatic rings. The third-order valence-corrected chi connectivity index (χ3v) is 3.05. The summed E-state index contributed by atoms with van der Waals surface area (Å²) >= 11 is 0. The number of methoxy groups -OCH3 is 2. The number of carbonyl (C=O) groups is 1. The fraction of sp³-hybridized carbons (Fsp3) is 0.250. The Balaban J connectivity index is 2.11. The van der Waals surface area contributed by atoms with Gasteiger partial charge >= 0.3 is 5.97 Å². The molecular formula is C16H18N2O3. The van der Waals surface area contributed by atoms with Crippen LogP contribution in [0.5, 0.6) is 5.88 Å². The minimum absolute atomic E-state index is 0.330. The number of pyridine rings is 1. The summed E-state index contributed by atoms with van der Waals surface area (Å²) in [6.07, 6.45) is 0. The van der Waals surface area contributed by atoms with E-state index in [0.29, 0.717) is 12.4 Å². The molecule has 0 radical (unpaired) electrons. The Morgan fingerprint density at radius 2 is 1.90 bits per heavy atom. The molecule has 0 aliphatic carbocycles. The van der Waals surface area contributed by atoms with Gasteiger partial charge in [0.15, 0.2) is 0 Å². The molecule has 0 fully saturated rings. The molecule has 1 heterocycles. The Labute approximate surface area is 123 Å². The van der Waals surface area contributed by atoms with E-state index < -0.39 is 6.04 Å². The molecule has 1 aromatic carbocycles. The molecule has 1 N–H and O–H groups in total. The van der Waals surface area contributed by atoms with E-state index in [1.165, 1.54) is 7.11 Å². The van der Waals surface area contributed by atoms with Crippen molar-refractivity contribution in [3.8, 4) is 5.88 Å². The third kappa shape index (κ3) is 4.03. The lowest BCUT2D eigenvalue weighted by molar-refractivity contribution is -0.143. The minimum Gasteiger partial charge on any atom is -0.481 e. The normalized spacial score (nSPS) is 11.7. The molecule has 0 bridgehead atoms. The highest BCUT2D eigenvalue weighted by Gasteiger charge is 2.20. The van der Waals surface area contributed by atoms with Crippen LogP contribution in [0.25, 0.3) is 0 Å². The molecule has 0 aliphatic heterocycles. The van der Waals surface area contributed by atoms with Crippen molar-refractivity contribution in [3.63, 3.8) is 0 Å². The molecule has 5 heteroatoms. The summed E-state index contributed by atoms with van der Waals surface area (Å²) in [5, 5.41) is 3.16. The number of nitrogens with zero attached hydrogens (tertiary/aromatic N) is 1. The Hall–Kier alpha value is -2.40. The molecule has 0 aliphatic rings. The van der Waals surface area contributed by atoms with Crippen LogP contribution < -0.4 is 10.1 Å². The number of esters is 1. The summed E-state index contributed by atoms with van der Waals surface area (Å²) in [7, 11) is 2.95. The van der Waals surface area contributed by atoms with Gasteiger partial charge in [-0.2, -0.15) is 0 Å². The van der Waals surface area contributed by atoms with Gasteiger partial charge in [0.25, 0.3) is 0 Å². The number of carbonyl (C=O) groups excluding carboxylic acids is 1. The van der Waals surface area contributed by atoms with Gasteiger partial charge in [0, 0.05) is 12.6 Å². The summed E-state index contributed by atoms with van der Waals surface area (Å²) in [4.78, 5) is 16.2. The van der Waals surface area contributed by atoms with E-state index in [0.717, 1.165) is 11.3 Å². The number of ether oxygens (including phenoxy) is 2. The fourth-order valence-corrected chi connectivity index (χ4v) is 1.98. The zero-order chi connectivity index (χ0) is 15.1. The van der Waals surface area contributed by atoms with Gasteiger partial charge in [0.05, 0.1) is 19.9 Å². The highest BCUT2D eigenvalue weighted by molar-refractivity contribution is 5.77. The van der Waals surface area contributed by atoms with Crippen molar-refractivity contribution in [1.82, 2.24) is 10.3 Å². The maximum Gasteiger partial charge on any atom is 0.327 e. The zero-order valence-electron chi connectivity index (χ0n) is 12.1. The second-order valence-electron chi connectivity index (χ2n) is 4.42. The molecule has 21 heavy (non-hydrogen) atoms. The molecule has 0 saturated heterocycles. The Morgan fingerprint density at radius 1 is 1.14 bits per heavy atom. The molecule has 1 aromatic heterocycles. The summed E-state index contributed by atoms with van der Waals surface area (Å²) in [5.41, 5.74) is 1.64. The van der Waals surface area contributed by atoms with Crippen molar-refractivity contribution in [2.75, 3.05) is 14.2 Å². The van der Waals surface area contributed by atoms with E-state index in [4.69, 9.17) is 9.47 Å². The smallest absolute Gasteiger partial charge is 0.327 e. The van der Waals surface area contributed by atoms with E-state index in [2.05, 4.69) is 10.3 Å². The van der Waals surface area contributed by atoms with Crippen LogP contribution in [0.15, 0.2) is 48.5 Å². The molecule has 1 atom stereocenters. The first-order valence-corrected chi connectivity index (χ1v) is 6.60. The summed E-state index contributed by atoms with van der Waals surface area (Å²) < 4.78 is 9.94. The van der Waals surface area contributed by atoms with Gasteiger partial charge in [0.2, 0.25) is 5.88 Å². The topological polar surface area (TPSA) is 60.5 Å². The van der Waals surface area contributed by atoms with Crippen molar-refractivity contribution < 1.29 is 14.3 Å². The maximum atomic E-state index is 11.9. The zero-order valence-corrected chi connectivity index (χ0v) is 12.1. The summed E-state index contributed by atoms with van der Waals surface area (Å²) in [6, 6.07) is 14.4. The largest absolute Gasteiger partial charge is 0.481 e. The SMILES string of the molecule is COC(=O)C(NCc1cccc(OC)n1)c1ccccc1. The average molecular weight is 286 g/mol. The number of benzene rings is 1. The van der Waals surface area contributed by atoms with Gasteiger partial charge in [-0.3, -0.25) is 5.32 Å². The molecule has 2 rings (SSSR count). The summed E-state index contributed by atoms with van der Waals surface area (Å²) in [6.45, 7) is 0.436. The quantitative estimate of drug-likeness (QED) is 0.824. The second kappa shape index (κ2) is 7.40. The van der Waals surface area contributed by atoms with Crippen LogP contribution >= 0.6 is 0 Å². The van der Waals surface area contributed by atoms with Crippen molar-refractivity contribution >= 4 is 5.97 Å². The Bertz CT molecular complexity index is 587. The van der Waals surface area contributed by atoms with Crippen molar-refractivity contribution in [3.05, 3.63) is 59.8 Å². The molecule has 0 spiro atoms. The molecule has 0 saturated carbocycles. The van der Waals surface area contributed by atoms with Gasteiger partial charge in [-0.15, -0.1) is 0 Å². The highest BCUT2D eigenvalue weighted by Crippen LogP contribution is 2.15. The number of hydrogen-bond acceptors (Lipinski definition) is 5. The fourth-order valence-electron chi connectivity index (χ4n) is 1.98. The molecule has 1 unspecified atom stereocenters. The number of nitrogens with one attached hydrogen (secondary N) is 1. The number of aromatic nitrogens is 1. The first-order chi connectivity index (χ1) is 10.2. The Morgan fingerprint density at radius 3 is 2.57 bits per heavy atom. The van der Waals surface area contributed by atoms with Crippen LogP contribution in [0.1, 0.15) is 17.3 Å². The standard InChI is InChI=1S/C16H18N2O3/c1-20-14-10-6-9-13(18-14)11-17-15(16(19)21-2)12-7-4-3-5-8-12/h3-10,15,17H,11H2,1-2H3. The van der Waals surface area contributed by atoms with Gasteiger partial charge < -0.3 is 9.47 Å². The van der Waals surface area contributed by atoms with E-state index in [-0.39, 0.29) is 5.97 Å². The number of rotatable bonds is 6. The van der Waals surface area contributed by atoms with Crippen LogP contribution in [-0.4, -0.2) is 25.2 Å². The van der Waals surface area contributed by atoms with Crippen LogP contribution in [0.4, 0.5) is 0 Å². The molecule has 5 nitrogen and oxygen atoms in total. The average Bonchev–Trinajstić information content (AvgIpc) is 2.56. The highest BCUT2D eigenvalue weighted by atomic mass is 16.5. The first kappa shape index (κ1) is 15.0. The van der Waals surface area contributed by atoms with Crippen molar-refractivity contribution in [2.24, 2.45) is 0 Å². The lowest BCUT2D eigenvalue weighted by Crippen LogP contribution is -2.29. The van der Waals surface area contributed by atoms with Gasteiger partial charge in [-0.25, -0.2) is 9.78 Å². The monoisotopic (exact) mass is 286 g/mol. The Kier molecular flexibility index (Phi) is 5.29. The van der Waals surface area contributed by atoms with E-state index in [1.54, 1.807) is 13.2 Å². The third-order valence-electron chi connectivity index (χ3n) is 3.05.